The molecule has 0 aromatic rings. The van der Waals surface area contributed by atoms with Crippen molar-refractivity contribution in [2.24, 2.45) is 0 Å². The van der Waals surface area contributed by atoms with Gasteiger partial charge in [0, 0.05) is 0 Å². The zero-order valence-corrected chi connectivity index (χ0v) is 5.77. The Balaban J connectivity index is 0. The summed E-state index contributed by atoms with van der Waals surface area (Å²) in [6.07, 6.45) is 0. The van der Waals surface area contributed by atoms with Crippen LogP contribution in [-0.2, 0) is 0 Å². The molecule has 0 bridgehead atoms. The molecule has 0 aliphatic heterocycles. The molecule has 1 unspecified atom stereocenters. The van der Waals surface area contributed by atoms with E-state index in [0.717, 1.165) is 0 Å². The molecule has 0 aliphatic rings. The first-order chi connectivity index (χ1) is 2.00. The van der Waals surface area contributed by atoms with E-state index in [1.165, 1.54) is 0 Å². The smallest absolute Gasteiger partial charge is 0.0395 e. The van der Waals surface area contributed by atoms with Crippen LogP contribution >= 0.6 is 9.90 Å². The molecule has 0 saturated heterocycles. The summed E-state index contributed by atoms with van der Waals surface area (Å²) in [5.41, 5.74) is 0. The first kappa shape index (κ1) is 9.75. The SMILES string of the molecule is [O-][Cl+3]([O-])([O-])[O-].[PH4+]. The third kappa shape index (κ3) is 184. The Kier molecular flexibility index (Phi) is 4.37. The maximum atomic E-state index is 8.49. The molecular weight excluding hydrogens is 130 g/mol. The second-order valence-electron chi connectivity index (χ2n) is 0.378. The number of halogens is 1. The van der Waals surface area contributed by atoms with Gasteiger partial charge in [0.25, 0.3) is 0 Å². The van der Waals surface area contributed by atoms with Crippen LogP contribution in [0.4, 0.5) is 0 Å². The van der Waals surface area contributed by atoms with Crippen LogP contribution < -0.4 is 18.6 Å². The quantitative estimate of drug-likeness (QED) is 0.310. The van der Waals surface area contributed by atoms with Crippen molar-refractivity contribution >= 4 is 9.90 Å². The fourth-order valence-corrected chi connectivity index (χ4v) is 0. The summed E-state index contributed by atoms with van der Waals surface area (Å²) in [6, 6.07) is 0. The largest absolute Gasteiger partial charge is 0.222 e. The van der Waals surface area contributed by atoms with Crippen molar-refractivity contribution in [3.05, 3.63) is 0 Å². The van der Waals surface area contributed by atoms with Crippen LogP contribution in [-0.4, -0.2) is 0 Å². The summed E-state index contributed by atoms with van der Waals surface area (Å²) in [4.78, 5) is 0. The summed E-state index contributed by atoms with van der Waals surface area (Å²) in [5.74, 6) is 0. The van der Waals surface area contributed by atoms with Crippen LogP contribution in [0.3, 0.4) is 0 Å². The van der Waals surface area contributed by atoms with Crippen molar-refractivity contribution in [2.75, 3.05) is 0 Å². The lowest BCUT2D eigenvalue weighted by molar-refractivity contribution is -2.00. The Morgan fingerprint density at radius 3 is 0.833 bits per heavy atom. The minimum atomic E-state index is -4.94. The van der Waals surface area contributed by atoms with Gasteiger partial charge < -0.3 is 0 Å². The second kappa shape index (κ2) is 2.69. The monoisotopic (exact) mass is 134 g/mol. The topological polar surface area (TPSA) is 92.2 Å². The summed E-state index contributed by atoms with van der Waals surface area (Å²) in [6.45, 7) is 0. The standard InChI is InChI=1S/ClHO4.H3P/c2-1(3,4)5;/h(H,2,3,4,5);1H3. The zero-order chi connectivity index (χ0) is 4.50. The Hall–Kier alpha value is 0.560. The van der Waals surface area contributed by atoms with Gasteiger partial charge in [-0.1, -0.05) is 0 Å². The van der Waals surface area contributed by atoms with E-state index in [1.54, 1.807) is 0 Å². The van der Waals surface area contributed by atoms with E-state index in [-0.39, 0.29) is 9.90 Å². The van der Waals surface area contributed by atoms with Crippen LogP contribution in [0.5, 0.6) is 0 Å². The van der Waals surface area contributed by atoms with Crippen molar-refractivity contribution in [3.8, 4) is 0 Å². The van der Waals surface area contributed by atoms with E-state index >= 15 is 0 Å². The molecule has 0 radical (unpaired) electrons. The van der Waals surface area contributed by atoms with Gasteiger partial charge >= 0.3 is 0 Å². The molecule has 6 heavy (non-hydrogen) atoms. The van der Waals surface area contributed by atoms with Gasteiger partial charge in [-0.25, -0.2) is 18.6 Å². The average molecular weight is 134 g/mol. The molecule has 0 aliphatic carbocycles. The van der Waals surface area contributed by atoms with Crippen molar-refractivity contribution < 1.29 is 28.9 Å². The minimum absolute atomic E-state index is 0. The number of hydrogen-bond donors (Lipinski definition) is 0. The highest BCUT2D eigenvalue weighted by molar-refractivity contribution is 6.92. The van der Waals surface area contributed by atoms with E-state index in [1.807, 2.05) is 0 Å². The summed E-state index contributed by atoms with van der Waals surface area (Å²) < 4.78 is 34.0. The Morgan fingerprint density at radius 2 is 0.833 bits per heavy atom. The predicted molar refractivity (Wildman–Crippen MR) is 12.5 cm³/mol. The van der Waals surface area contributed by atoms with Crippen LogP contribution in [0.1, 0.15) is 0 Å². The van der Waals surface area contributed by atoms with Crippen molar-refractivity contribution in [2.45, 2.75) is 0 Å². The van der Waals surface area contributed by atoms with Crippen molar-refractivity contribution in [1.29, 1.82) is 0 Å². The third-order valence-electron chi connectivity index (χ3n) is 0. The molecule has 1 atom stereocenters. The van der Waals surface area contributed by atoms with E-state index in [4.69, 9.17) is 18.6 Å². The number of hydrogen-bond acceptors (Lipinski definition) is 4. The van der Waals surface area contributed by atoms with Gasteiger partial charge in [-0.15, -0.1) is 10.2 Å². The highest BCUT2D eigenvalue weighted by Crippen LogP contribution is 1.49. The summed E-state index contributed by atoms with van der Waals surface area (Å²) in [5, 5.41) is 0. The molecule has 0 aromatic heterocycles. The summed E-state index contributed by atoms with van der Waals surface area (Å²) in [7, 11) is -4.94. The highest BCUT2D eigenvalue weighted by Gasteiger charge is 1.84. The molecule has 0 heterocycles. The molecule has 6 heteroatoms. The fourth-order valence-electron chi connectivity index (χ4n) is 0. The lowest BCUT2D eigenvalue weighted by Gasteiger charge is -2.17. The van der Waals surface area contributed by atoms with E-state index in [2.05, 4.69) is 0 Å². The molecule has 0 aromatic carbocycles. The first-order valence-corrected chi connectivity index (χ1v) is 1.85. The molecule has 0 saturated carbocycles. The average Bonchev–Trinajstić information content (AvgIpc) is 0.722. The first-order valence-electron chi connectivity index (χ1n) is 0.617. The predicted octanol–water partition coefficient (Wildman–Crippen LogP) is -4.97. The van der Waals surface area contributed by atoms with Gasteiger partial charge in [0.15, 0.2) is 0 Å². The minimum Gasteiger partial charge on any atom is -0.222 e. The van der Waals surface area contributed by atoms with Gasteiger partial charge in [0.1, 0.15) is 0 Å². The molecule has 0 spiro atoms. The molecule has 0 N–H and O–H groups in total. The molecule has 0 amide bonds. The van der Waals surface area contributed by atoms with E-state index in [0.29, 0.717) is 0 Å². The van der Waals surface area contributed by atoms with Gasteiger partial charge in [0.2, 0.25) is 0 Å². The van der Waals surface area contributed by atoms with Gasteiger partial charge in [-0.05, 0) is 9.90 Å². The van der Waals surface area contributed by atoms with Crippen LogP contribution in [0.15, 0.2) is 0 Å². The van der Waals surface area contributed by atoms with E-state index in [9.17, 15) is 0 Å². The fraction of sp³-hybridized carbons (Fsp3) is 0. The van der Waals surface area contributed by atoms with Crippen molar-refractivity contribution in [3.63, 3.8) is 0 Å². The molecule has 40 valence electrons. The third-order valence-corrected chi connectivity index (χ3v) is 0. The van der Waals surface area contributed by atoms with Crippen molar-refractivity contribution in [1.82, 2.24) is 0 Å². The molecule has 0 rings (SSSR count). The van der Waals surface area contributed by atoms with Crippen LogP contribution in [0.2, 0.25) is 0 Å². The lowest BCUT2D eigenvalue weighted by atomic mass is 15.8. The van der Waals surface area contributed by atoms with Gasteiger partial charge in [-0.3, -0.25) is 0 Å². The van der Waals surface area contributed by atoms with Gasteiger partial charge in [-0.2, -0.15) is 0 Å². The molecular formula is H4ClO4P. The molecule has 0 fully saturated rings. The maximum Gasteiger partial charge on any atom is -0.0395 e. The Bertz CT molecular complexity index is 23.0. The lowest BCUT2D eigenvalue weighted by Crippen LogP contribution is -2.68. The molecule has 4 nitrogen and oxygen atoms in total. The summed E-state index contributed by atoms with van der Waals surface area (Å²) >= 11 is 0. The highest BCUT2D eigenvalue weighted by atomic mass is 35.7. The normalized spacial score (nSPS) is 10.0. The van der Waals surface area contributed by atoms with Gasteiger partial charge in [0.05, 0.1) is 0 Å². The Labute approximate surface area is 39.8 Å². The van der Waals surface area contributed by atoms with E-state index < -0.39 is 10.2 Å². The number of rotatable bonds is 0. The maximum absolute atomic E-state index is 8.49. The second-order valence-corrected chi connectivity index (χ2v) is 1.13. The zero-order valence-electron chi connectivity index (χ0n) is 3.01. The van der Waals surface area contributed by atoms with Crippen LogP contribution in [0.25, 0.3) is 0 Å². The Morgan fingerprint density at radius 1 is 0.833 bits per heavy atom. The van der Waals surface area contributed by atoms with Crippen LogP contribution in [0, 0.1) is 10.2 Å².